The van der Waals surface area contributed by atoms with E-state index < -0.39 is 0 Å². The predicted molar refractivity (Wildman–Crippen MR) is 75.5 cm³/mol. The van der Waals surface area contributed by atoms with Crippen LogP contribution in [0.25, 0.3) is 0 Å². The molecular weight excluding hydrogens is 210 g/mol. The van der Waals surface area contributed by atoms with Crippen molar-refractivity contribution in [1.29, 1.82) is 0 Å². The van der Waals surface area contributed by atoms with Crippen LogP contribution in [0.2, 0.25) is 0 Å². The molecule has 1 aliphatic heterocycles. The molecule has 1 saturated heterocycles. The van der Waals surface area contributed by atoms with Crippen molar-refractivity contribution in [1.82, 2.24) is 15.1 Å². The molecule has 1 heterocycles. The monoisotopic (exact) mass is 241 g/mol. The van der Waals surface area contributed by atoms with Crippen molar-refractivity contribution < 1.29 is 0 Å². The van der Waals surface area contributed by atoms with Crippen molar-refractivity contribution in [2.24, 2.45) is 5.92 Å². The summed E-state index contributed by atoms with van der Waals surface area (Å²) in [5.41, 5.74) is 0. The predicted octanol–water partition coefficient (Wildman–Crippen LogP) is 1.65. The first-order valence-corrected chi connectivity index (χ1v) is 7.37. The van der Waals surface area contributed by atoms with E-state index in [4.69, 9.17) is 0 Å². The third-order valence-corrected chi connectivity index (χ3v) is 4.07. The molecular formula is C14H31N3. The number of piperidine rings is 1. The van der Waals surface area contributed by atoms with Crippen LogP contribution in [0, 0.1) is 5.92 Å². The van der Waals surface area contributed by atoms with Gasteiger partial charge in [-0.3, -0.25) is 0 Å². The Morgan fingerprint density at radius 2 is 1.65 bits per heavy atom. The number of hydrogen-bond donors (Lipinski definition) is 1. The normalized spacial score (nSPS) is 18.2. The van der Waals surface area contributed by atoms with Crippen LogP contribution in [0.1, 0.15) is 33.1 Å². The average Bonchev–Trinajstić information content (AvgIpc) is 2.39. The van der Waals surface area contributed by atoms with Crippen molar-refractivity contribution >= 4 is 0 Å². The van der Waals surface area contributed by atoms with Gasteiger partial charge in [0.15, 0.2) is 0 Å². The summed E-state index contributed by atoms with van der Waals surface area (Å²) in [5.74, 6) is 0.965. The lowest BCUT2D eigenvalue weighted by atomic mass is 9.94. The van der Waals surface area contributed by atoms with Gasteiger partial charge in [-0.15, -0.1) is 0 Å². The van der Waals surface area contributed by atoms with Crippen LogP contribution in [0.5, 0.6) is 0 Å². The van der Waals surface area contributed by atoms with E-state index in [1.54, 1.807) is 0 Å². The topological polar surface area (TPSA) is 18.5 Å². The van der Waals surface area contributed by atoms with Gasteiger partial charge in [0.1, 0.15) is 0 Å². The van der Waals surface area contributed by atoms with Gasteiger partial charge in [0.05, 0.1) is 0 Å². The molecule has 1 rings (SSSR count). The number of hydrogen-bond acceptors (Lipinski definition) is 3. The average molecular weight is 241 g/mol. The van der Waals surface area contributed by atoms with Crippen molar-refractivity contribution in [3.63, 3.8) is 0 Å². The fraction of sp³-hybridized carbons (Fsp3) is 1.00. The van der Waals surface area contributed by atoms with Gasteiger partial charge in [-0.1, -0.05) is 13.8 Å². The molecule has 0 amide bonds. The minimum Gasteiger partial charge on any atom is -0.317 e. The Morgan fingerprint density at radius 1 is 1.00 bits per heavy atom. The summed E-state index contributed by atoms with van der Waals surface area (Å²) < 4.78 is 0. The first kappa shape index (κ1) is 14.9. The third-order valence-electron chi connectivity index (χ3n) is 4.07. The lowest BCUT2D eigenvalue weighted by Crippen LogP contribution is -2.35. The standard InChI is InChI=1S/C14H31N3/c1-4-17(5-2)13-12-16(3)11-8-14-6-9-15-10-7-14/h14-15H,4-13H2,1-3H3. The molecule has 0 radical (unpaired) electrons. The number of nitrogens with zero attached hydrogens (tertiary/aromatic N) is 2. The number of likely N-dealkylation sites (N-methyl/N-ethyl adjacent to an activating group) is 2. The molecule has 102 valence electrons. The van der Waals surface area contributed by atoms with E-state index in [1.807, 2.05) is 0 Å². The Kier molecular flexibility index (Phi) is 7.82. The summed E-state index contributed by atoms with van der Waals surface area (Å²) in [6, 6.07) is 0. The smallest absolute Gasteiger partial charge is 0.0109 e. The second-order valence-electron chi connectivity index (χ2n) is 5.31. The lowest BCUT2D eigenvalue weighted by molar-refractivity contribution is 0.223. The Hall–Kier alpha value is -0.120. The molecule has 0 spiro atoms. The second-order valence-corrected chi connectivity index (χ2v) is 5.31. The van der Waals surface area contributed by atoms with Crippen LogP contribution in [0.15, 0.2) is 0 Å². The van der Waals surface area contributed by atoms with Gasteiger partial charge in [0.2, 0.25) is 0 Å². The summed E-state index contributed by atoms with van der Waals surface area (Å²) >= 11 is 0. The zero-order valence-corrected chi connectivity index (χ0v) is 12.0. The molecule has 0 atom stereocenters. The fourth-order valence-corrected chi connectivity index (χ4v) is 2.54. The molecule has 1 aliphatic rings. The molecule has 0 aromatic carbocycles. The van der Waals surface area contributed by atoms with E-state index in [2.05, 4.69) is 36.0 Å². The van der Waals surface area contributed by atoms with Gasteiger partial charge in [-0.05, 0) is 65.0 Å². The molecule has 3 nitrogen and oxygen atoms in total. The molecule has 1 N–H and O–H groups in total. The highest BCUT2D eigenvalue weighted by molar-refractivity contribution is 4.70. The van der Waals surface area contributed by atoms with Crippen LogP contribution in [0.3, 0.4) is 0 Å². The van der Waals surface area contributed by atoms with Crippen molar-refractivity contribution in [3.8, 4) is 0 Å². The summed E-state index contributed by atoms with van der Waals surface area (Å²) in [5, 5.41) is 3.44. The van der Waals surface area contributed by atoms with Crippen molar-refractivity contribution in [3.05, 3.63) is 0 Å². The van der Waals surface area contributed by atoms with E-state index in [0.29, 0.717) is 0 Å². The summed E-state index contributed by atoms with van der Waals surface area (Å²) in [4.78, 5) is 5.00. The maximum Gasteiger partial charge on any atom is 0.0109 e. The number of nitrogens with one attached hydrogen (secondary N) is 1. The second kappa shape index (κ2) is 8.90. The summed E-state index contributed by atoms with van der Waals surface area (Å²) in [6.45, 7) is 13.0. The Morgan fingerprint density at radius 3 is 2.24 bits per heavy atom. The van der Waals surface area contributed by atoms with Crippen LogP contribution in [-0.4, -0.2) is 62.7 Å². The van der Waals surface area contributed by atoms with E-state index in [0.717, 1.165) is 5.92 Å². The largest absolute Gasteiger partial charge is 0.317 e. The summed E-state index contributed by atoms with van der Waals surface area (Å²) in [7, 11) is 2.27. The van der Waals surface area contributed by atoms with Crippen LogP contribution in [0.4, 0.5) is 0 Å². The maximum atomic E-state index is 3.44. The Bertz CT molecular complexity index is 174. The zero-order valence-electron chi connectivity index (χ0n) is 12.0. The van der Waals surface area contributed by atoms with Crippen LogP contribution < -0.4 is 5.32 Å². The molecule has 0 aliphatic carbocycles. The molecule has 0 aromatic rings. The van der Waals surface area contributed by atoms with Gasteiger partial charge < -0.3 is 15.1 Å². The van der Waals surface area contributed by atoms with Crippen LogP contribution >= 0.6 is 0 Å². The highest BCUT2D eigenvalue weighted by atomic mass is 15.2. The van der Waals surface area contributed by atoms with Gasteiger partial charge in [-0.25, -0.2) is 0 Å². The van der Waals surface area contributed by atoms with Gasteiger partial charge >= 0.3 is 0 Å². The van der Waals surface area contributed by atoms with Crippen molar-refractivity contribution in [2.45, 2.75) is 33.1 Å². The molecule has 0 unspecified atom stereocenters. The molecule has 1 fully saturated rings. The molecule has 3 heteroatoms. The van der Waals surface area contributed by atoms with Gasteiger partial charge in [0.25, 0.3) is 0 Å². The molecule has 0 saturated carbocycles. The quantitative estimate of drug-likeness (QED) is 0.697. The van der Waals surface area contributed by atoms with E-state index in [-0.39, 0.29) is 0 Å². The highest BCUT2D eigenvalue weighted by Gasteiger charge is 2.13. The minimum absolute atomic E-state index is 0.965. The third kappa shape index (κ3) is 6.39. The van der Waals surface area contributed by atoms with Crippen LogP contribution in [-0.2, 0) is 0 Å². The highest BCUT2D eigenvalue weighted by Crippen LogP contribution is 2.15. The van der Waals surface area contributed by atoms with Crippen molar-refractivity contribution in [2.75, 3.05) is 52.9 Å². The van der Waals surface area contributed by atoms with Gasteiger partial charge in [0, 0.05) is 13.1 Å². The molecule has 17 heavy (non-hydrogen) atoms. The van der Waals surface area contributed by atoms with E-state index in [1.165, 1.54) is 65.1 Å². The molecule has 0 aromatic heterocycles. The zero-order chi connectivity index (χ0) is 12.5. The summed E-state index contributed by atoms with van der Waals surface area (Å²) in [6.07, 6.45) is 4.14. The Labute approximate surface area is 108 Å². The Balaban J connectivity index is 2.05. The molecule has 0 bridgehead atoms. The van der Waals surface area contributed by atoms with Gasteiger partial charge in [-0.2, -0.15) is 0 Å². The van der Waals surface area contributed by atoms with E-state index in [9.17, 15) is 0 Å². The SMILES string of the molecule is CCN(CC)CCN(C)CCC1CCNCC1. The minimum atomic E-state index is 0.965. The lowest BCUT2D eigenvalue weighted by Gasteiger charge is -2.26. The van der Waals surface area contributed by atoms with E-state index >= 15 is 0 Å². The first-order valence-electron chi connectivity index (χ1n) is 7.37. The number of rotatable bonds is 8. The fourth-order valence-electron chi connectivity index (χ4n) is 2.54. The first-order chi connectivity index (χ1) is 8.26. The maximum absolute atomic E-state index is 3.44.